The topological polar surface area (TPSA) is 52.6 Å². The molecule has 2 N–H and O–H groups in total. The van der Waals surface area contributed by atoms with Crippen LogP contribution >= 0.6 is 15.9 Å². The molecule has 0 bridgehead atoms. The van der Waals surface area contributed by atoms with E-state index < -0.39 is 5.54 Å². The second kappa shape index (κ2) is 5.05. The third kappa shape index (κ3) is 2.21. The zero-order valence-electron chi connectivity index (χ0n) is 10.7. The zero-order chi connectivity index (χ0) is 13.3. The summed E-state index contributed by atoms with van der Waals surface area (Å²) in [7, 11) is 0. The van der Waals surface area contributed by atoms with E-state index >= 15 is 0 Å². The van der Waals surface area contributed by atoms with Gasteiger partial charge in [-0.2, -0.15) is 0 Å². The molecule has 0 aromatic carbocycles. The van der Waals surface area contributed by atoms with Crippen LogP contribution in [-0.4, -0.2) is 40.8 Å². The van der Waals surface area contributed by atoms with E-state index in [1.54, 1.807) is 0 Å². The molecule has 3 unspecified atom stereocenters. The summed E-state index contributed by atoms with van der Waals surface area (Å²) in [5.41, 5.74) is -0.397. The van der Waals surface area contributed by atoms with Gasteiger partial charge in [0.1, 0.15) is 0 Å². The lowest BCUT2D eigenvalue weighted by atomic mass is 9.74. The quantitative estimate of drug-likeness (QED) is 0.837. The number of aliphatic hydroxyl groups excluding tert-OH is 1. The number of aliphatic hydroxyl groups is 1. The lowest BCUT2D eigenvalue weighted by molar-refractivity contribution is 0.0843. The van der Waals surface area contributed by atoms with Gasteiger partial charge < -0.3 is 15.3 Å². The molecule has 5 heteroatoms. The summed E-state index contributed by atoms with van der Waals surface area (Å²) in [5, 5.41) is 12.3. The van der Waals surface area contributed by atoms with Gasteiger partial charge in [0.05, 0.1) is 6.04 Å². The van der Waals surface area contributed by atoms with E-state index in [0.29, 0.717) is 13.0 Å². The number of hydrogen-bond donors (Lipinski definition) is 2. The second-order valence-corrected chi connectivity index (χ2v) is 5.95. The number of allylic oxidation sites excluding steroid dienone is 2. The molecule has 2 rings (SSSR count). The molecule has 0 spiro atoms. The first-order valence-corrected chi connectivity index (χ1v) is 7.06. The lowest BCUT2D eigenvalue weighted by Crippen LogP contribution is -2.67. The number of nitrogens with one attached hydrogen (secondary N) is 1. The van der Waals surface area contributed by atoms with Gasteiger partial charge in [-0.25, -0.2) is 4.79 Å². The maximum Gasteiger partial charge on any atom is 0.318 e. The Kier molecular flexibility index (Phi) is 3.82. The summed E-state index contributed by atoms with van der Waals surface area (Å²) in [6.45, 7) is 4.73. The Balaban J connectivity index is 2.36. The summed E-state index contributed by atoms with van der Waals surface area (Å²) in [5.74, 6) is 0.168. The molecule has 1 aliphatic heterocycles. The van der Waals surface area contributed by atoms with Crippen molar-refractivity contribution in [2.45, 2.75) is 31.8 Å². The van der Waals surface area contributed by atoms with Crippen LogP contribution in [0, 0.1) is 5.92 Å². The van der Waals surface area contributed by atoms with Crippen LogP contribution in [0.1, 0.15) is 20.3 Å². The van der Waals surface area contributed by atoms with Crippen LogP contribution < -0.4 is 5.32 Å². The highest BCUT2D eigenvalue weighted by molar-refractivity contribution is 9.11. The van der Waals surface area contributed by atoms with E-state index in [1.165, 1.54) is 0 Å². The molecule has 4 nitrogen and oxygen atoms in total. The van der Waals surface area contributed by atoms with Crippen molar-refractivity contribution in [3.63, 3.8) is 0 Å². The van der Waals surface area contributed by atoms with Crippen molar-refractivity contribution in [2.24, 2.45) is 5.92 Å². The average molecular weight is 315 g/mol. The third-order valence-corrected chi connectivity index (χ3v) is 4.41. The Morgan fingerprint density at radius 2 is 2.33 bits per heavy atom. The van der Waals surface area contributed by atoms with Gasteiger partial charge in [-0.05, 0) is 20.3 Å². The molecule has 1 fully saturated rings. The summed E-state index contributed by atoms with van der Waals surface area (Å²) >= 11 is 3.49. The largest absolute Gasteiger partial charge is 0.396 e. The first kappa shape index (κ1) is 13.6. The van der Waals surface area contributed by atoms with Crippen molar-refractivity contribution in [3.05, 3.63) is 22.7 Å². The molecule has 3 atom stereocenters. The van der Waals surface area contributed by atoms with Gasteiger partial charge in [0.25, 0.3) is 0 Å². The van der Waals surface area contributed by atoms with Crippen LogP contribution in [0.25, 0.3) is 0 Å². The normalized spacial score (nSPS) is 35.0. The fraction of sp³-hybridized carbons (Fsp3) is 0.615. The van der Waals surface area contributed by atoms with E-state index in [4.69, 9.17) is 0 Å². The number of hydrogen-bond acceptors (Lipinski definition) is 2. The molecule has 0 saturated carbocycles. The molecule has 1 saturated heterocycles. The van der Waals surface area contributed by atoms with Gasteiger partial charge in [-0.1, -0.05) is 34.2 Å². The number of carbonyl (C=O) groups is 1. The molecular weight excluding hydrogens is 296 g/mol. The van der Waals surface area contributed by atoms with Crippen LogP contribution in [0.15, 0.2) is 22.7 Å². The van der Waals surface area contributed by atoms with E-state index in [9.17, 15) is 9.90 Å². The number of rotatable bonds is 3. The molecule has 1 heterocycles. The molecule has 0 aromatic rings. The highest BCUT2D eigenvalue weighted by Crippen LogP contribution is 2.37. The lowest BCUT2D eigenvalue weighted by Gasteiger charge is -2.50. The van der Waals surface area contributed by atoms with Crippen molar-refractivity contribution in [1.29, 1.82) is 0 Å². The summed E-state index contributed by atoms with van der Waals surface area (Å²) in [6, 6.07) is 0.0207. The highest BCUT2D eigenvalue weighted by Gasteiger charge is 2.46. The summed E-state index contributed by atoms with van der Waals surface area (Å²) < 4.78 is 1.03. The predicted octanol–water partition coefficient (Wildman–Crippen LogP) is 2.01. The maximum atomic E-state index is 12.1. The molecule has 0 radical (unpaired) electrons. The zero-order valence-corrected chi connectivity index (χ0v) is 12.3. The first-order valence-electron chi connectivity index (χ1n) is 6.27. The fourth-order valence-corrected chi connectivity index (χ4v) is 3.28. The number of carbonyl (C=O) groups excluding carboxylic acids is 1. The molecule has 2 aliphatic rings. The molecular formula is C13H19BrN2O2. The van der Waals surface area contributed by atoms with Crippen LogP contribution in [0.2, 0.25) is 0 Å². The van der Waals surface area contributed by atoms with Crippen molar-refractivity contribution >= 4 is 22.0 Å². The number of nitrogens with zero attached hydrogens (tertiary/aromatic N) is 1. The molecule has 2 amide bonds. The Hall–Kier alpha value is -0.810. The van der Waals surface area contributed by atoms with Gasteiger partial charge in [-0.15, -0.1) is 0 Å². The minimum absolute atomic E-state index is 0.0502. The van der Waals surface area contributed by atoms with Crippen molar-refractivity contribution in [2.75, 3.05) is 13.2 Å². The molecule has 100 valence electrons. The Morgan fingerprint density at radius 1 is 1.61 bits per heavy atom. The average Bonchev–Trinajstić information content (AvgIpc) is 2.31. The van der Waals surface area contributed by atoms with E-state index in [0.717, 1.165) is 4.48 Å². The smallest absolute Gasteiger partial charge is 0.318 e. The summed E-state index contributed by atoms with van der Waals surface area (Å²) in [6.07, 6.45) is 6.74. The number of halogens is 1. The Morgan fingerprint density at radius 3 is 2.94 bits per heavy atom. The third-order valence-electron chi connectivity index (χ3n) is 3.88. The van der Waals surface area contributed by atoms with Crippen molar-refractivity contribution in [3.8, 4) is 0 Å². The number of likely N-dealkylation sites (N-methyl/N-ethyl adjacent to an activating group) is 1. The van der Waals surface area contributed by atoms with Gasteiger partial charge in [-0.3, -0.25) is 0 Å². The molecule has 0 aromatic heterocycles. The molecule has 1 aliphatic carbocycles. The standard InChI is InChI=1S/C13H19BrN2O2/c1-3-16-11-5-4-9(14)8-10(11)13(2,6-7-17)15-12(16)18/h4-5,8,10-11,17H,3,6-7H2,1-2H3,(H,15,18). The van der Waals surface area contributed by atoms with E-state index in [-0.39, 0.29) is 24.6 Å². The minimum atomic E-state index is -0.397. The van der Waals surface area contributed by atoms with Crippen LogP contribution in [0.3, 0.4) is 0 Å². The highest BCUT2D eigenvalue weighted by atomic mass is 79.9. The Bertz CT molecular complexity index is 408. The first-order chi connectivity index (χ1) is 8.51. The minimum Gasteiger partial charge on any atom is -0.396 e. The van der Waals surface area contributed by atoms with Crippen molar-refractivity contribution < 1.29 is 9.90 Å². The second-order valence-electron chi connectivity index (χ2n) is 5.03. The van der Waals surface area contributed by atoms with Crippen LogP contribution in [-0.2, 0) is 0 Å². The van der Waals surface area contributed by atoms with Crippen molar-refractivity contribution in [1.82, 2.24) is 10.2 Å². The Labute approximate surface area is 116 Å². The number of amides is 2. The van der Waals surface area contributed by atoms with Gasteiger partial charge in [0.15, 0.2) is 0 Å². The molecule has 18 heavy (non-hydrogen) atoms. The van der Waals surface area contributed by atoms with Gasteiger partial charge in [0, 0.05) is 29.1 Å². The van der Waals surface area contributed by atoms with Crippen LogP contribution in [0.4, 0.5) is 4.79 Å². The van der Waals surface area contributed by atoms with E-state index in [1.807, 2.05) is 24.8 Å². The van der Waals surface area contributed by atoms with Gasteiger partial charge in [0.2, 0.25) is 0 Å². The van der Waals surface area contributed by atoms with Crippen LogP contribution in [0.5, 0.6) is 0 Å². The number of fused-ring (bicyclic) bond motifs is 1. The SMILES string of the molecule is CCN1C(=O)NC(C)(CCO)C2C=C(Br)C=CC21. The number of urea groups is 1. The predicted molar refractivity (Wildman–Crippen MR) is 74.4 cm³/mol. The van der Waals surface area contributed by atoms with E-state index in [2.05, 4.69) is 33.4 Å². The maximum absolute atomic E-state index is 12.1. The van der Waals surface area contributed by atoms with Gasteiger partial charge >= 0.3 is 6.03 Å². The monoisotopic (exact) mass is 314 g/mol. The summed E-state index contributed by atoms with van der Waals surface area (Å²) in [4.78, 5) is 13.9. The fourth-order valence-electron chi connectivity index (χ4n) is 2.85.